The van der Waals surface area contributed by atoms with Gasteiger partial charge in [-0.1, -0.05) is 24.6 Å². The molecule has 0 spiro atoms. The maximum Gasteiger partial charge on any atom is 0.328 e. The van der Waals surface area contributed by atoms with E-state index in [1.165, 1.54) is 0 Å². The summed E-state index contributed by atoms with van der Waals surface area (Å²) < 4.78 is 5.69. The number of likely N-dealkylation sites (N-methyl/N-ethyl adjacent to an activating group) is 1. The zero-order valence-corrected chi connectivity index (χ0v) is 13.6. The van der Waals surface area contributed by atoms with Crippen molar-refractivity contribution in [2.45, 2.75) is 33.3 Å². The number of carbonyl (C=O) groups is 2. The van der Waals surface area contributed by atoms with Crippen molar-refractivity contribution < 1.29 is 14.3 Å². The highest BCUT2D eigenvalue weighted by atomic mass is 35.5. The van der Waals surface area contributed by atoms with Gasteiger partial charge in [-0.25, -0.2) is 4.79 Å². The first-order chi connectivity index (χ1) is 10.5. The van der Waals surface area contributed by atoms with Crippen LogP contribution < -0.4 is 10.1 Å². The summed E-state index contributed by atoms with van der Waals surface area (Å²) in [4.78, 5) is 24.7. The molecule has 2 rings (SSSR count). The Morgan fingerprint density at radius 1 is 1.36 bits per heavy atom. The van der Waals surface area contributed by atoms with Gasteiger partial charge in [0.05, 0.1) is 11.1 Å². The van der Waals surface area contributed by atoms with Gasteiger partial charge in [0.1, 0.15) is 11.4 Å². The van der Waals surface area contributed by atoms with Gasteiger partial charge in [-0.3, -0.25) is 9.69 Å². The number of nitrogens with zero attached hydrogens (tertiary/aromatic N) is 1. The van der Waals surface area contributed by atoms with Crippen molar-refractivity contribution in [1.82, 2.24) is 10.2 Å². The Kier molecular flexibility index (Phi) is 5.08. The van der Waals surface area contributed by atoms with E-state index in [1.807, 2.05) is 13.8 Å². The third-order valence-corrected chi connectivity index (χ3v) is 3.74. The maximum atomic E-state index is 12.0. The monoisotopic (exact) mass is 322 g/mol. The van der Waals surface area contributed by atoms with Gasteiger partial charge in [0.15, 0.2) is 0 Å². The zero-order valence-electron chi connectivity index (χ0n) is 12.9. The number of nitrogens with one attached hydrogen (secondary N) is 1. The molecule has 1 heterocycles. The number of carbonyl (C=O) groups excluding carboxylic acids is 2. The second kappa shape index (κ2) is 6.83. The molecule has 1 atom stereocenters. The van der Waals surface area contributed by atoms with Gasteiger partial charge in [0.25, 0.3) is 5.91 Å². The average molecular weight is 323 g/mol. The second-order valence-electron chi connectivity index (χ2n) is 5.06. The van der Waals surface area contributed by atoms with Crippen molar-refractivity contribution in [1.29, 1.82) is 0 Å². The lowest BCUT2D eigenvalue weighted by molar-refractivity contribution is -0.122. The molecule has 1 aromatic rings. The van der Waals surface area contributed by atoms with Gasteiger partial charge in [0, 0.05) is 6.54 Å². The molecule has 0 radical (unpaired) electrons. The summed E-state index contributed by atoms with van der Waals surface area (Å²) in [6.45, 7) is 6.09. The predicted molar refractivity (Wildman–Crippen MR) is 85.7 cm³/mol. The van der Waals surface area contributed by atoms with Gasteiger partial charge in [-0.15, -0.1) is 0 Å². The molecule has 0 unspecified atom stereocenters. The van der Waals surface area contributed by atoms with E-state index < -0.39 is 6.03 Å². The summed E-state index contributed by atoms with van der Waals surface area (Å²) in [6.07, 6.45) is 2.57. The normalized spacial score (nSPS) is 17.8. The molecule has 1 saturated heterocycles. The smallest absolute Gasteiger partial charge is 0.328 e. The van der Waals surface area contributed by atoms with Gasteiger partial charge in [-0.05, 0) is 44.0 Å². The largest absolute Gasteiger partial charge is 0.489 e. The van der Waals surface area contributed by atoms with Crippen LogP contribution in [0.4, 0.5) is 4.79 Å². The Balaban J connectivity index is 2.21. The molecule has 1 aromatic carbocycles. The van der Waals surface area contributed by atoms with E-state index in [0.717, 1.165) is 16.9 Å². The van der Waals surface area contributed by atoms with E-state index in [-0.39, 0.29) is 17.7 Å². The van der Waals surface area contributed by atoms with E-state index in [4.69, 9.17) is 16.3 Å². The molecule has 1 N–H and O–H groups in total. The lowest BCUT2D eigenvalue weighted by Crippen LogP contribution is -2.30. The Labute approximate surface area is 134 Å². The minimum absolute atomic E-state index is 0.0792. The lowest BCUT2D eigenvalue weighted by atomic mass is 10.1. The van der Waals surface area contributed by atoms with E-state index in [0.29, 0.717) is 17.3 Å². The first-order valence-corrected chi connectivity index (χ1v) is 7.64. The number of imide groups is 1. The molecule has 0 saturated carbocycles. The third kappa shape index (κ3) is 3.42. The number of amides is 3. The number of hydrogen-bond acceptors (Lipinski definition) is 3. The van der Waals surface area contributed by atoms with Crippen LogP contribution in [0.3, 0.4) is 0 Å². The number of ether oxygens (including phenoxy) is 1. The third-order valence-electron chi connectivity index (χ3n) is 3.45. The minimum atomic E-state index is -0.401. The quantitative estimate of drug-likeness (QED) is 0.667. The summed E-state index contributed by atoms with van der Waals surface area (Å²) in [5, 5.41) is 3.02. The van der Waals surface area contributed by atoms with Crippen LogP contribution in [-0.4, -0.2) is 29.5 Å². The van der Waals surface area contributed by atoms with Crippen LogP contribution in [0.2, 0.25) is 5.02 Å². The Bertz CT molecular complexity index is 628. The van der Waals surface area contributed by atoms with Crippen molar-refractivity contribution in [2.75, 3.05) is 6.54 Å². The molecule has 0 aliphatic carbocycles. The molecule has 1 fully saturated rings. The summed E-state index contributed by atoms with van der Waals surface area (Å²) in [7, 11) is 0. The minimum Gasteiger partial charge on any atom is -0.489 e. The van der Waals surface area contributed by atoms with Gasteiger partial charge in [-0.2, -0.15) is 0 Å². The van der Waals surface area contributed by atoms with E-state index >= 15 is 0 Å². The van der Waals surface area contributed by atoms with Crippen LogP contribution in [0.15, 0.2) is 23.9 Å². The van der Waals surface area contributed by atoms with Crippen LogP contribution in [0.5, 0.6) is 5.75 Å². The molecular formula is C16H19ClN2O3. The maximum absolute atomic E-state index is 12.0. The fourth-order valence-corrected chi connectivity index (χ4v) is 2.26. The van der Waals surface area contributed by atoms with Crippen LogP contribution in [0.25, 0.3) is 6.08 Å². The summed E-state index contributed by atoms with van der Waals surface area (Å²) in [5.74, 6) is 0.277. The molecule has 0 bridgehead atoms. The van der Waals surface area contributed by atoms with Crippen LogP contribution >= 0.6 is 11.6 Å². The zero-order chi connectivity index (χ0) is 16.3. The van der Waals surface area contributed by atoms with Gasteiger partial charge in [0.2, 0.25) is 0 Å². The molecule has 6 heteroatoms. The highest BCUT2D eigenvalue weighted by Gasteiger charge is 2.31. The Hall–Kier alpha value is -2.01. The number of rotatable bonds is 5. The number of benzene rings is 1. The van der Waals surface area contributed by atoms with Crippen molar-refractivity contribution in [2.24, 2.45) is 0 Å². The van der Waals surface area contributed by atoms with Crippen molar-refractivity contribution in [3.63, 3.8) is 0 Å². The molecule has 1 aliphatic heterocycles. The Morgan fingerprint density at radius 3 is 2.64 bits per heavy atom. The number of halogens is 1. The summed E-state index contributed by atoms with van der Waals surface area (Å²) in [5.41, 5.74) is 0.974. The van der Waals surface area contributed by atoms with E-state index in [1.54, 1.807) is 31.2 Å². The molecule has 22 heavy (non-hydrogen) atoms. The highest BCUT2D eigenvalue weighted by molar-refractivity contribution is 6.32. The van der Waals surface area contributed by atoms with E-state index in [2.05, 4.69) is 5.32 Å². The highest BCUT2D eigenvalue weighted by Crippen LogP contribution is 2.28. The molecule has 1 aliphatic rings. The van der Waals surface area contributed by atoms with Crippen molar-refractivity contribution >= 4 is 29.6 Å². The fourth-order valence-electron chi connectivity index (χ4n) is 2.03. The summed E-state index contributed by atoms with van der Waals surface area (Å²) >= 11 is 6.20. The van der Waals surface area contributed by atoms with Crippen LogP contribution in [0, 0.1) is 0 Å². The van der Waals surface area contributed by atoms with Gasteiger partial charge < -0.3 is 10.1 Å². The lowest BCUT2D eigenvalue weighted by Gasteiger charge is -2.14. The molecule has 5 nitrogen and oxygen atoms in total. The second-order valence-corrected chi connectivity index (χ2v) is 5.47. The molecular weight excluding hydrogens is 304 g/mol. The van der Waals surface area contributed by atoms with E-state index in [9.17, 15) is 9.59 Å². The van der Waals surface area contributed by atoms with Crippen molar-refractivity contribution in [3.8, 4) is 5.75 Å². The van der Waals surface area contributed by atoms with Crippen molar-refractivity contribution in [3.05, 3.63) is 34.5 Å². The predicted octanol–water partition coefficient (Wildman–Crippen LogP) is 3.43. The first kappa shape index (κ1) is 16.4. The molecule has 0 aromatic heterocycles. The van der Waals surface area contributed by atoms with Gasteiger partial charge >= 0.3 is 6.03 Å². The SMILES string of the molecule is CC[C@@H](C)Oc1ccc(/C=C2/NC(=O)N(CC)C2=O)cc1Cl. The van der Waals surface area contributed by atoms with Crippen LogP contribution in [-0.2, 0) is 4.79 Å². The molecule has 118 valence electrons. The topological polar surface area (TPSA) is 58.6 Å². The standard InChI is InChI=1S/C16H19ClN2O3/c1-4-10(3)22-14-7-6-11(8-12(14)17)9-13-15(20)19(5-2)16(21)18-13/h6-10H,4-5H2,1-3H3,(H,18,21)/b13-9+/t10-/m1/s1. The number of hydrogen-bond donors (Lipinski definition) is 1. The first-order valence-electron chi connectivity index (χ1n) is 7.27. The Morgan fingerprint density at radius 2 is 2.09 bits per heavy atom. The fraction of sp³-hybridized carbons (Fsp3) is 0.375. The molecule has 3 amide bonds. The summed E-state index contributed by atoms with van der Waals surface area (Å²) in [6, 6.07) is 4.87. The number of urea groups is 1. The van der Waals surface area contributed by atoms with Crippen LogP contribution in [0.1, 0.15) is 32.8 Å². The average Bonchev–Trinajstić information content (AvgIpc) is 2.75.